The zero-order valence-corrected chi connectivity index (χ0v) is 17.9. The van der Waals surface area contributed by atoms with Gasteiger partial charge in [0, 0.05) is 16.9 Å². The lowest BCUT2D eigenvalue weighted by Gasteiger charge is -2.32. The predicted octanol–water partition coefficient (Wildman–Crippen LogP) is 5.89. The number of carbonyl (C=O) groups excluding carboxylic acids is 2. The number of hydrogen-bond donors (Lipinski definition) is 0. The van der Waals surface area contributed by atoms with Crippen LogP contribution in [-0.2, 0) is 9.59 Å². The molecule has 1 fully saturated rings. The van der Waals surface area contributed by atoms with E-state index in [1.54, 1.807) is 12.1 Å². The number of allylic oxidation sites excluding steroid dienone is 2. The van der Waals surface area contributed by atoms with Crippen LogP contribution in [0.25, 0.3) is 0 Å². The first-order chi connectivity index (χ1) is 15.1. The quantitative estimate of drug-likeness (QED) is 0.386. The summed E-state index contributed by atoms with van der Waals surface area (Å²) in [5.74, 6) is -1.51. The Hall–Kier alpha value is -3.17. The maximum Gasteiger partial charge on any atom is 0.238 e. The van der Waals surface area contributed by atoms with Crippen molar-refractivity contribution >= 4 is 29.1 Å². The molecule has 1 aliphatic heterocycles. The highest BCUT2D eigenvalue weighted by Crippen LogP contribution is 2.50. The van der Waals surface area contributed by atoms with Crippen molar-refractivity contribution in [3.05, 3.63) is 113 Å². The summed E-state index contributed by atoms with van der Waals surface area (Å²) in [6.07, 6.45) is 4.20. The lowest BCUT2D eigenvalue weighted by molar-refractivity contribution is -0.122. The summed E-state index contributed by atoms with van der Waals surface area (Å²) in [4.78, 5) is 28.8. The molecule has 2 amide bonds. The predicted molar refractivity (Wildman–Crippen MR) is 123 cm³/mol. The molecule has 0 unspecified atom stereocenters. The Balaban J connectivity index is 1.63. The van der Waals surface area contributed by atoms with Crippen LogP contribution >= 0.6 is 11.6 Å². The average Bonchev–Trinajstić information content (AvgIpc) is 3.07. The van der Waals surface area contributed by atoms with Gasteiger partial charge in [-0.15, -0.1) is 0 Å². The maximum absolute atomic E-state index is 13.7. The average molecular weight is 428 g/mol. The van der Waals surface area contributed by atoms with Gasteiger partial charge in [0.2, 0.25) is 11.8 Å². The molecule has 0 spiro atoms. The van der Waals surface area contributed by atoms with Gasteiger partial charge in [-0.05, 0) is 35.7 Å². The van der Waals surface area contributed by atoms with Gasteiger partial charge in [0.15, 0.2) is 0 Å². The van der Waals surface area contributed by atoms with Crippen LogP contribution in [0.3, 0.4) is 0 Å². The lowest BCUT2D eigenvalue weighted by Crippen LogP contribution is -2.31. The fraction of sp³-hybridized carbons (Fsp3) is 0.185. The third-order valence-electron chi connectivity index (χ3n) is 6.48. The van der Waals surface area contributed by atoms with E-state index in [-0.39, 0.29) is 23.7 Å². The molecule has 0 saturated carbocycles. The SMILES string of the molecule is Cc1ccc(N2C(=O)[C@H]3[C@H](C2=O)[C@H](c2ccccc2)C=C[C@@H]3c2ccccc2)cc1Cl. The van der Waals surface area contributed by atoms with Crippen molar-refractivity contribution in [3.63, 3.8) is 0 Å². The maximum atomic E-state index is 13.7. The molecule has 0 bridgehead atoms. The summed E-state index contributed by atoms with van der Waals surface area (Å²) < 4.78 is 0. The Labute approximate surface area is 187 Å². The second kappa shape index (κ2) is 7.82. The number of anilines is 1. The van der Waals surface area contributed by atoms with Gasteiger partial charge in [-0.2, -0.15) is 0 Å². The number of rotatable bonds is 3. The van der Waals surface area contributed by atoms with E-state index >= 15 is 0 Å². The van der Waals surface area contributed by atoms with Crippen LogP contribution in [0.4, 0.5) is 5.69 Å². The molecule has 1 aliphatic carbocycles. The number of fused-ring (bicyclic) bond motifs is 1. The van der Waals surface area contributed by atoms with Gasteiger partial charge in [0.1, 0.15) is 0 Å². The van der Waals surface area contributed by atoms with Gasteiger partial charge in [-0.1, -0.05) is 90.5 Å². The van der Waals surface area contributed by atoms with E-state index in [9.17, 15) is 9.59 Å². The Bertz CT molecular complexity index is 1100. The van der Waals surface area contributed by atoms with E-state index in [1.807, 2.05) is 73.7 Å². The van der Waals surface area contributed by atoms with Crippen molar-refractivity contribution in [1.29, 1.82) is 0 Å². The minimum absolute atomic E-state index is 0.145. The fourth-order valence-electron chi connectivity index (χ4n) is 4.91. The van der Waals surface area contributed by atoms with Crippen LogP contribution in [-0.4, -0.2) is 11.8 Å². The van der Waals surface area contributed by atoms with Crippen LogP contribution in [0.5, 0.6) is 0 Å². The lowest BCUT2D eigenvalue weighted by atomic mass is 9.68. The molecule has 31 heavy (non-hydrogen) atoms. The number of halogens is 1. The van der Waals surface area contributed by atoms with E-state index in [0.29, 0.717) is 10.7 Å². The smallest absolute Gasteiger partial charge is 0.238 e. The highest BCUT2D eigenvalue weighted by atomic mass is 35.5. The molecule has 1 saturated heterocycles. The topological polar surface area (TPSA) is 37.4 Å². The first-order valence-corrected chi connectivity index (χ1v) is 10.9. The molecule has 154 valence electrons. The third-order valence-corrected chi connectivity index (χ3v) is 6.89. The molecular formula is C27H22ClNO2. The molecule has 1 heterocycles. The first kappa shape index (κ1) is 19.8. The third kappa shape index (κ3) is 3.30. The van der Waals surface area contributed by atoms with Crippen LogP contribution < -0.4 is 4.90 Å². The standard InChI is InChI=1S/C27H22ClNO2/c1-17-12-13-20(16-23(17)28)29-26(30)24-21(18-8-4-2-5-9-18)14-15-22(25(24)27(29)31)19-10-6-3-7-11-19/h2-16,21-22,24-25H,1H3/t21-,22+,24-,25-/m1/s1. The van der Waals surface area contributed by atoms with Crippen molar-refractivity contribution in [3.8, 4) is 0 Å². The van der Waals surface area contributed by atoms with Crippen LogP contribution in [0.1, 0.15) is 28.5 Å². The van der Waals surface area contributed by atoms with E-state index in [4.69, 9.17) is 11.6 Å². The molecular weight excluding hydrogens is 406 g/mol. The molecule has 0 aromatic heterocycles. The van der Waals surface area contributed by atoms with E-state index in [2.05, 4.69) is 12.2 Å². The molecule has 0 N–H and O–H groups in total. The molecule has 3 aromatic rings. The van der Waals surface area contributed by atoms with Gasteiger partial charge in [0.05, 0.1) is 17.5 Å². The highest BCUT2D eigenvalue weighted by Gasteiger charge is 2.55. The molecule has 2 aliphatic rings. The fourth-order valence-corrected chi connectivity index (χ4v) is 5.08. The summed E-state index contributed by atoms with van der Waals surface area (Å²) in [5.41, 5.74) is 3.54. The van der Waals surface area contributed by atoms with E-state index in [1.165, 1.54) is 4.90 Å². The van der Waals surface area contributed by atoms with Gasteiger partial charge in [-0.3, -0.25) is 9.59 Å². The van der Waals surface area contributed by atoms with Crippen molar-refractivity contribution in [2.45, 2.75) is 18.8 Å². The van der Waals surface area contributed by atoms with E-state index < -0.39 is 11.8 Å². The minimum Gasteiger partial charge on any atom is -0.274 e. The van der Waals surface area contributed by atoms with E-state index in [0.717, 1.165) is 16.7 Å². The second-order valence-electron chi connectivity index (χ2n) is 8.25. The summed E-state index contributed by atoms with van der Waals surface area (Å²) in [6.45, 7) is 1.90. The summed E-state index contributed by atoms with van der Waals surface area (Å²) in [5, 5.41) is 0.547. The van der Waals surface area contributed by atoms with Crippen LogP contribution in [0, 0.1) is 18.8 Å². The van der Waals surface area contributed by atoms with Gasteiger partial charge >= 0.3 is 0 Å². The number of benzene rings is 3. The zero-order chi connectivity index (χ0) is 21.5. The minimum atomic E-state index is -0.454. The largest absolute Gasteiger partial charge is 0.274 e. The van der Waals surface area contributed by atoms with Gasteiger partial charge < -0.3 is 0 Å². The monoisotopic (exact) mass is 427 g/mol. The number of amides is 2. The Kier molecular flexibility index (Phi) is 4.99. The molecule has 4 heteroatoms. The van der Waals surface area contributed by atoms with Crippen LogP contribution in [0.2, 0.25) is 5.02 Å². The van der Waals surface area contributed by atoms with Crippen molar-refractivity contribution < 1.29 is 9.59 Å². The molecule has 3 aromatic carbocycles. The van der Waals surface area contributed by atoms with Crippen LogP contribution in [0.15, 0.2) is 91.0 Å². The number of nitrogens with zero attached hydrogens (tertiary/aromatic N) is 1. The van der Waals surface area contributed by atoms with Crippen molar-refractivity contribution in [1.82, 2.24) is 0 Å². The molecule has 4 atom stereocenters. The van der Waals surface area contributed by atoms with Crippen molar-refractivity contribution in [2.24, 2.45) is 11.8 Å². The van der Waals surface area contributed by atoms with Crippen molar-refractivity contribution in [2.75, 3.05) is 4.90 Å². The number of imide groups is 1. The summed E-state index contributed by atoms with van der Waals surface area (Å²) >= 11 is 6.33. The number of carbonyl (C=O) groups is 2. The van der Waals surface area contributed by atoms with Gasteiger partial charge in [-0.25, -0.2) is 4.90 Å². The Morgan fingerprint density at radius 2 is 1.19 bits per heavy atom. The summed E-state index contributed by atoms with van der Waals surface area (Å²) in [6, 6.07) is 25.3. The number of hydrogen-bond acceptors (Lipinski definition) is 2. The molecule has 5 rings (SSSR count). The second-order valence-corrected chi connectivity index (χ2v) is 8.66. The number of aryl methyl sites for hydroxylation is 1. The normalized spacial score (nSPS) is 25.0. The first-order valence-electron chi connectivity index (χ1n) is 10.5. The van der Waals surface area contributed by atoms with Gasteiger partial charge in [0.25, 0.3) is 0 Å². The molecule has 3 nitrogen and oxygen atoms in total. The Morgan fingerprint density at radius 3 is 1.65 bits per heavy atom. The zero-order valence-electron chi connectivity index (χ0n) is 17.1. The molecule has 0 radical (unpaired) electrons. The highest BCUT2D eigenvalue weighted by molar-refractivity contribution is 6.32. The Morgan fingerprint density at radius 1 is 0.710 bits per heavy atom. The summed E-state index contributed by atoms with van der Waals surface area (Å²) in [7, 11) is 0.